The number of methoxy groups -OCH3 is 1. The molecule has 0 radical (unpaired) electrons. The number of ketones is 1. The zero-order chi connectivity index (χ0) is 17.0. The molecule has 0 rings (SSSR count). The van der Waals surface area contributed by atoms with Gasteiger partial charge in [-0.2, -0.15) is 0 Å². The Morgan fingerprint density at radius 1 is 1.05 bits per heavy atom. The van der Waals surface area contributed by atoms with Crippen LogP contribution in [0.4, 0.5) is 0 Å². The number of ether oxygens (including phenoxy) is 2. The molecule has 0 heterocycles. The van der Waals surface area contributed by atoms with Crippen LogP contribution in [-0.4, -0.2) is 57.2 Å². The Morgan fingerprint density at radius 2 is 1.73 bits per heavy atom. The smallest absolute Gasteiger partial charge is 0.220 e. The molecule has 6 heteroatoms. The third-order valence-corrected chi connectivity index (χ3v) is 3.11. The van der Waals surface area contributed by atoms with Gasteiger partial charge in [0.25, 0.3) is 0 Å². The fourth-order valence-corrected chi connectivity index (χ4v) is 1.98. The molecule has 0 aliphatic rings. The highest BCUT2D eigenvalue weighted by Crippen LogP contribution is 2.07. The van der Waals surface area contributed by atoms with E-state index in [-0.39, 0.29) is 29.7 Å². The second-order valence-electron chi connectivity index (χ2n) is 5.92. The van der Waals surface area contributed by atoms with E-state index in [1.807, 2.05) is 27.7 Å². The highest BCUT2D eigenvalue weighted by molar-refractivity contribution is 5.86. The molecule has 0 spiro atoms. The third-order valence-electron chi connectivity index (χ3n) is 3.11. The van der Waals surface area contributed by atoms with Gasteiger partial charge in [-0.15, -0.1) is 0 Å². The summed E-state index contributed by atoms with van der Waals surface area (Å²) in [7, 11) is 1.62. The van der Waals surface area contributed by atoms with Crippen LogP contribution in [0.2, 0.25) is 0 Å². The molecule has 0 aliphatic heterocycles. The molecular weight excluding hydrogens is 284 g/mol. The number of rotatable bonds is 13. The van der Waals surface area contributed by atoms with Crippen molar-refractivity contribution in [2.24, 2.45) is 5.92 Å². The molecule has 2 N–H and O–H groups in total. The van der Waals surface area contributed by atoms with E-state index in [9.17, 15) is 9.59 Å². The molecule has 0 unspecified atom stereocenters. The zero-order valence-electron chi connectivity index (χ0n) is 14.6. The fourth-order valence-electron chi connectivity index (χ4n) is 1.98. The van der Waals surface area contributed by atoms with E-state index >= 15 is 0 Å². The van der Waals surface area contributed by atoms with Crippen LogP contribution in [0.15, 0.2) is 0 Å². The van der Waals surface area contributed by atoms with Gasteiger partial charge in [-0.1, -0.05) is 27.7 Å². The van der Waals surface area contributed by atoms with Crippen LogP contribution in [-0.2, 0) is 19.1 Å². The summed E-state index contributed by atoms with van der Waals surface area (Å²) in [5.41, 5.74) is 0. The highest BCUT2D eigenvalue weighted by atomic mass is 16.5. The van der Waals surface area contributed by atoms with Gasteiger partial charge in [0.2, 0.25) is 5.91 Å². The van der Waals surface area contributed by atoms with E-state index in [0.717, 1.165) is 0 Å². The van der Waals surface area contributed by atoms with Crippen LogP contribution in [0.3, 0.4) is 0 Å². The van der Waals surface area contributed by atoms with Gasteiger partial charge in [-0.05, 0) is 6.42 Å². The first-order valence-corrected chi connectivity index (χ1v) is 8.01. The lowest BCUT2D eigenvalue weighted by Crippen LogP contribution is -2.43. The zero-order valence-corrected chi connectivity index (χ0v) is 14.6. The topological polar surface area (TPSA) is 76.7 Å². The van der Waals surface area contributed by atoms with Gasteiger partial charge in [0.15, 0.2) is 5.78 Å². The summed E-state index contributed by atoms with van der Waals surface area (Å²) in [6.45, 7) is 9.78. The minimum Gasteiger partial charge on any atom is -0.382 e. The minimum atomic E-state index is -0.260. The Kier molecular flexibility index (Phi) is 12.0. The van der Waals surface area contributed by atoms with E-state index in [1.165, 1.54) is 0 Å². The second kappa shape index (κ2) is 12.6. The predicted octanol–water partition coefficient (Wildman–Crippen LogP) is 1.14. The largest absolute Gasteiger partial charge is 0.382 e. The van der Waals surface area contributed by atoms with Gasteiger partial charge < -0.3 is 20.1 Å². The molecular formula is C16H32N2O4. The Hall–Kier alpha value is -0.980. The van der Waals surface area contributed by atoms with Gasteiger partial charge in [-0.3, -0.25) is 9.59 Å². The van der Waals surface area contributed by atoms with Crippen molar-refractivity contribution in [3.8, 4) is 0 Å². The van der Waals surface area contributed by atoms with Gasteiger partial charge in [0.05, 0.1) is 25.9 Å². The molecule has 0 saturated carbocycles. The summed E-state index contributed by atoms with van der Waals surface area (Å²) in [4.78, 5) is 23.9. The average Bonchev–Trinajstić information content (AvgIpc) is 2.45. The van der Waals surface area contributed by atoms with Crippen molar-refractivity contribution in [3.05, 3.63) is 0 Å². The number of hydrogen-bond donors (Lipinski definition) is 2. The number of carbonyl (C=O) groups excluding carboxylic acids is 2. The summed E-state index contributed by atoms with van der Waals surface area (Å²) in [5, 5.41) is 6.03. The fraction of sp³-hybridized carbons (Fsp3) is 0.875. The molecule has 0 aliphatic carbocycles. The second-order valence-corrected chi connectivity index (χ2v) is 5.92. The molecule has 0 aromatic carbocycles. The molecule has 1 amide bonds. The molecule has 130 valence electrons. The van der Waals surface area contributed by atoms with Gasteiger partial charge in [0.1, 0.15) is 0 Å². The lowest BCUT2D eigenvalue weighted by Gasteiger charge is -2.21. The lowest BCUT2D eigenvalue weighted by molar-refractivity contribution is -0.125. The maximum atomic E-state index is 12.1. The number of carbonyl (C=O) groups is 2. The highest BCUT2D eigenvalue weighted by Gasteiger charge is 2.22. The van der Waals surface area contributed by atoms with Crippen molar-refractivity contribution in [3.63, 3.8) is 0 Å². The molecule has 0 aromatic heterocycles. The third kappa shape index (κ3) is 10.7. The first-order valence-electron chi connectivity index (χ1n) is 8.01. The molecule has 6 nitrogen and oxygen atoms in total. The van der Waals surface area contributed by atoms with E-state index < -0.39 is 0 Å². The van der Waals surface area contributed by atoms with Crippen molar-refractivity contribution in [1.82, 2.24) is 10.6 Å². The van der Waals surface area contributed by atoms with Crippen molar-refractivity contribution in [2.45, 2.75) is 52.6 Å². The number of nitrogens with one attached hydrogen (secondary N) is 2. The Labute approximate surface area is 134 Å². The summed E-state index contributed by atoms with van der Waals surface area (Å²) < 4.78 is 10.1. The quantitative estimate of drug-likeness (QED) is 0.498. The van der Waals surface area contributed by atoms with Crippen molar-refractivity contribution >= 4 is 11.7 Å². The Bertz CT molecular complexity index is 319. The lowest BCUT2D eigenvalue weighted by atomic mass is 9.97. The summed E-state index contributed by atoms with van der Waals surface area (Å²) >= 11 is 0. The molecule has 0 fully saturated rings. The maximum Gasteiger partial charge on any atom is 0.220 e. The van der Waals surface area contributed by atoms with E-state index in [4.69, 9.17) is 9.47 Å². The van der Waals surface area contributed by atoms with E-state index in [1.54, 1.807) is 7.11 Å². The van der Waals surface area contributed by atoms with E-state index in [2.05, 4.69) is 10.6 Å². The number of Topliss-reactive ketones (excluding diaryl/α,β-unsaturated/α-hetero) is 1. The summed E-state index contributed by atoms with van der Waals surface area (Å²) in [5.74, 6) is 0.0698. The standard InChI is InChI=1S/C16H32N2O4/c1-12(2)16(20)14(18-13(3)4)6-7-15(19)17-8-9-22-11-10-21-5/h12-14,18H,6-11H2,1-5H3,(H,17,19)/t14-/m0/s1. The Morgan fingerprint density at radius 3 is 2.27 bits per heavy atom. The van der Waals surface area contributed by atoms with Crippen molar-refractivity contribution in [2.75, 3.05) is 33.5 Å². The summed E-state index contributed by atoms with van der Waals surface area (Å²) in [6.07, 6.45) is 0.854. The molecule has 0 saturated heterocycles. The minimum absolute atomic E-state index is 0.0338. The van der Waals surface area contributed by atoms with Crippen LogP contribution in [0.1, 0.15) is 40.5 Å². The Balaban J connectivity index is 3.98. The van der Waals surface area contributed by atoms with Crippen LogP contribution in [0, 0.1) is 5.92 Å². The summed E-state index contributed by atoms with van der Waals surface area (Å²) in [6, 6.07) is -0.0475. The SMILES string of the molecule is COCCOCCNC(=O)CC[C@H](NC(C)C)C(=O)C(C)C. The number of hydrogen-bond acceptors (Lipinski definition) is 5. The molecule has 0 bridgehead atoms. The van der Waals surface area contributed by atoms with Crippen LogP contribution >= 0.6 is 0 Å². The van der Waals surface area contributed by atoms with Gasteiger partial charge in [0, 0.05) is 32.0 Å². The average molecular weight is 316 g/mol. The van der Waals surface area contributed by atoms with E-state index in [0.29, 0.717) is 39.2 Å². The first kappa shape index (κ1) is 21.0. The van der Waals surface area contributed by atoms with Gasteiger partial charge in [-0.25, -0.2) is 0 Å². The van der Waals surface area contributed by atoms with Crippen molar-refractivity contribution < 1.29 is 19.1 Å². The van der Waals surface area contributed by atoms with Crippen LogP contribution in [0.5, 0.6) is 0 Å². The molecule has 1 atom stereocenters. The number of amides is 1. The van der Waals surface area contributed by atoms with Crippen LogP contribution < -0.4 is 10.6 Å². The van der Waals surface area contributed by atoms with Crippen LogP contribution in [0.25, 0.3) is 0 Å². The predicted molar refractivity (Wildman–Crippen MR) is 86.8 cm³/mol. The monoisotopic (exact) mass is 316 g/mol. The van der Waals surface area contributed by atoms with Crippen molar-refractivity contribution in [1.29, 1.82) is 0 Å². The normalized spacial score (nSPS) is 12.7. The maximum absolute atomic E-state index is 12.1. The van der Waals surface area contributed by atoms with Gasteiger partial charge >= 0.3 is 0 Å². The molecule has 22 heavy (non-hydrogen) atoms. The molecule has 0 aromatic rings. The first-order chi connectivity index (χ1) is 10.4.